The highest BCUT2D eigenvalue weighted by atomic mass is 35.5. The van der Waals surface area contributed by atoms with Crippen LogP contribution in [0.4, 0.5) is 5.69 Å². The first-order valence-electron chi connectivity index (χ1n) is 9.08. The SMILES string of the molecule is N#Cc1ccc(Cl)cc1NC(=O)COC(=O)c1cccc(S(=O)(=O)N2CCCC2)c1. The van der Waals surface area contributed by atoms with Gasteiger partial charge in [0.15, 0.2) is 6.61 Å². The number of nitrogens with zero attached hydrogens (tertiary/aromatic N) is 2. The van der Waals surface area contributed by atoms with E-state index in [9.17, 15) is 18.0 Å². The Hall–Kier alpha value is -2.93. The van der Waals surface area contributed by atoms with E-state index in [1.807, 2.05) is 6.07 Å². The molecule has 3 rings (SSSR count). The third-order valence-corrected chi connectivity index (χ3v) is 6.61. The Bertz CT molecular complexity index is 1120. The number of ether oxygens (including phenoxy) is 1. The van der Waals surface area contributed by atoms with Gasteiger partial charge in [0.2, 0.25) is 10.0 Å². The maximum atomic E-state index is 12.6. The monoisotopic (exact) mass is 447 g/mol. The first-order valence-corrected chi connectivity index (χ1v) is 10.9. The zero-order valence-corrected chi connectivity index (χ0v) is 17.4. The van der Waals surface area contributed by atoms with Gasteiger partial charge in [0, 0.05) is 18.1 Å². The molecule has 1 aliphatic heterocycles. The van der Waals surface area contributed by atoms with E-state index in [1.165, 1.54) is 46.8 Å². The van der Waals surface area contributed by atoms with Crippen molar-refractivity contribution in [2.45, 2.75) is 17.7 Å². The molecule has 30 heavy (non-hydrogen) atoms. The highest BCUT2D eigenvalue weighted by Crippen LogP contribution is 2.22. The summed E-state index contributed by atoms with van der Waals surface area (Å²) in [6.45, 7) is 0.288. The molecule has 1 saturated heterocycles. The average Bonchev–Trinajstić information content (AvgIpc) is 3.28. The minimum atomic E-state index is -3.68. The number of rotatable bonds is 6. The number of esters is 1. The molecule has 1 heterocycles. The fourth-order valence-corrected chi connectivity index (χ4v) is 4.71. The standard InChI is InChI=1S/C20H18ClN3O5S/c21-16-7-6-15(12-22)18(11-16)23-19(25)13-29-20(26)14-4-3-5-17(10-14)30(27,28)24-8-1-2-9-24/h3-7,10-11H,1-2,8-9,13H2,(H,23,25). The Morgan fingerprint density at radius 2 is 1.90 bits per heavy atom. The average molecular weight is 448 g/mol. The maximum absolute atomic E-state index is 12.6. The van der Waals surface area contributed by atoms with Crippen LogP contribution < -0.4 is 5.32 Å². The molecule has 8 nitrogen and oxygen atoms in total. The fourth-order valence-electron chi connectivity index (χ4n) is 2.98. The summed E-state index contributed by atoms with van der Waals surface area (Å²) in [5.41, 5.74) is 0.423. The van der Waals surface area contributed by atoms with Crippen LogP contribution in [0.1, 0.15) is 28.8 Å². The van der Waals surface area contributed by atoms with Gasteiger partial charge in [0.25, 0.3) is 5.91 Å². The second-order valence-electron chi connectivity index (χ2n) is 6.57. The summed E-state index contributed by atoms with van der Waals surface area (Å²) < 4.78 is 31.6. The smallest absolute Gasteiger partial charge is 0.338 e. The number of nitrogens with one attached hydrogen (secondary N) is 1. The third kappa shape index (κ3) is 4.97. The van der Waals surface area contributed by atoms with Crippen molar-refractivity contribution >= 4 is 39.2 Å². The van der Waals surface area contributed by atoms with Gasteiger partial charge in [-0.3, -0.25) is 4.79 Å². The van der Waals surface area contributed by atoms with Crippen LogP contribution in [-0.2, 0) is 19.6 Å². The molecule has 0 aromatic heterocycles. The van der Waals surface area contributed by atoms with Crippen LogP contribution in [0.5, 0.6) is 0 Å². The zero-order valence-electron chi connectivity index (χ0n) is 15.8. The number of anilines is 1. The molecule has 1 N–H and O–H groups in total. The third-order valence-electron chi connectivity index (χ3n) is 4.48. The Kier molecular flexibility index (Phi) is 6.72. The van der Waals surface area contributed by atoms with Crippen LogP contribution in [0.25, 0.3) is 0 Å². The molecule has 1 amide bonds. The van der Waals surface area contributed by atoms with E-state index in [2.05, 4.69) is 5.32 Å². The normalized spacial score (nSPS) is 14.1. The molecular formula is C20H18ClN3O5S. The van der Waals surface area contributed by atoms with E-state index in [0.717, 1.165) is 12.8 Å². The van der Waals surface area contributed by atoms with E-state index < -0.39 is 28.5 Å². The molecule has 0 bridgehead atoms. The van der Waals surface area contributed by atoms with Crippen molar-refractivity contribution in [3.63, 3.8) is 0 Å². The number of sulfonamides is 1. The van der Waals surface area contributed by atoms with Crippen molar-refractivity contribution in [2.24, 2.45) is 0 Å². The second-order valence-corrected chi connectivity index (χ2v) is 8.94. The van der Waals surface area contributed by atoms with E-state index in [1.54, 1.807) is 0 Å². The summed E-state index contributed by atoms with van der Waals surface area (Å²) in [5.74, 6) is -1.50. The fraction of sp³-hybridized carbons (Fsp3) is 0.250. The molecule has 0 radical (unpaired) electrons. The van der Waals surface area contributed by atoms with Crippen molar-refractivity contribution in [3.8, 4) is 6.07 Å². The Morgan fingerprint density at radius 1 is 1.17 bits per heavy atom. The van der Waals surface area contributed by atoms with Gasteiger partial charge in [0.1, 0.15) is 6.07 Å². The van der Waals surface area contributed by atoms with Gasteiger partial charge in [-0.25, -0.2) is 13.2 Å². The van der Waals surface area contributed by atoms with Gasteiger partial charge < -0.3 is 10.1 Å². The summed E-state index contributed by atoms with van der Waals surface area (Å²) in [6, 6.07) is 11.8. The highest BCUT2D eigenvalue weighted by Gasteiger charge is 2.27. The highest BCUT2D eigenvalue weighted by molar-refractivity contribution is 7.89. The minimum Gasteiger partial charge on any atom is -0.452 e. The lowest BCUT2D eigenvalue weighted by atomic mass is 10.2. The van der Waals surface area contributed by atoms with E-state index >= 15 is 0 Å². The summed E-state index contributed by atoms with van der Waals surface area (Å²) in [5, 5.41) is 11.9. The predicted molar refractivity (Wildman–Crippen MR) is 110 cm³/mol. The van der Waals surface area contributed by atoms with Crippen molar-refractivity contribution in [1.82, 2.24) is 4.31 Å². The number of halogens is 1. The number of carbonyl (C=O) groups excluding carboxylic acids is 2. The zero-order chi connectivity index (χ0) is 21.7. The molecule has 0 spiro atoms. The molecule has 2 aromatic rings. The molecular weight excluding hydrogens is 430 g/mol. The lowest BCUT2D eigenvalue weighted by Gasteiger charge is -2.15. The van der Waals surface area contributed by atoms with E-state index in [-0.39, 0.29) is 21.7 Å². The summed E-state index contributed by atoms with van der Waals surface area (Å²) in [6.07, 6.45) is 1.60. The van der Waals surface area contributed by atoms with Crippen LogP contribution in [0.15, 0.2) is 47.4 Å². The maximum Gasteiger partial charge on any atom is 0.338 e. The van der Waals surface area contributed by atoms with E-state index in [0.29, 0.717) is 18.1 Å². The van der Waals surface area contributed by atoms with Crippen LogP contribution in [0.3, 0.4) is 0 Å². The van der Waals surface area contributed by atoms with Crippen molar-refractivity contribution < 1.29 is 22.7 Å². The largest absolute Gasteiger partial charge is 0.452 e. The molecule has 10 heteroatoms. The number of nitriles is 1. The van der Waals surface area contributed by atoms with Gasteiger partial charge in [-0.15, -0.1) is 0 Å². The Morgan fingerprint density at radius 3 is 2.60 bits per heavy atom. The van der Waals surface area contributed by atoms with Gasteiger partial charge in [-0.1, -0.05) is 17.7 Å². The molecule has 2 aromatic carbocycles. The van der Waals surface area contributed by atoms with Crippen LogP contribution in [0, 0.1) is 11.3 Å². The van der Waals surface area contributed by atoms with Crippen molar-refractivity contribution in [2.75, 3.05) is 25.0 Å². The van der Waals surface area contributed by atoms with Crippen molar-refractivity contribution in [1.29, 1.82) is 5.26 Å². The Balaban J connectivity index is 1.65. The molecule has 1 fully saturated rings. The number of hydrogen-bond donors (Lipinski definition) is 1. The van der Waals surface area contributed by atoms with Crippen LogP contribution >= 0.6 is 11.6 Å². The second kappa shape index (κ2) is 9.26. The number of carbonyl (C=O) groups is 2. The molecule has 0 unspecified atom stereocenters. The topological polar surface area (TPSA) is 117 Å². The van der Waals surface area contributed by atoms with Gasteiger partial charge >= 0.3 is 5.97 Å². The van der Waals surface area contributed by atoms with Gasteiger partial charge in [-0.2, -0.15) is 9.57 Å². The number of benzene rings is 2. The van der Waals surface area contributed by atoms with Crippen LogP contribution in [-0.4, -0.2) is 44.3 Å². The molecule has 0 atom stereocenters. The van der Waals surface area contributed by atoms with Gasteiger partial charge in [0.05, 0.1) is 21.7 Å². The Labute approximate surface area is 179 Å². The van der Waals surface area contributed by atoms with Crippen molar-refractivity contribution in [3.05, 3.63) is 58.6 Å². The lowest BCUT2D eigenvalue weighted by molar-refractivity contribution is -0.119. The molecule has 0 aliphatic carbocycles. The van der Waals surface area contributed by atoms with Crippen LogP contribution in [0.2, 0.25) is 5.02 Å². The number of hydrogen-bond acceptors (Lipinski definition) is 6. The lowest BCUT2D eigenvalue weighted by Crippen LogP contribution is -2.28. The first kappa shape index (κ1) is 21.8. The summed E-state index contributed by atoms with van der Waals surface area (Å²) in [7, 11) is -3.68. The molecule has 1 aliphatic rings. The quantitative estimate of drug-likeness (QED) is 0.680. The van der Waals surface area contributed by atoms with Gasteiger partial charge in [-0.05, 0) is 49.2 Å². The van der Waals surface area contributed by atoms with E-state index in [4.69, 9.17) is 21.6 Å². The summed E-state index contributed by atoms with van der Waals surface area (Å²) in [4.78, 5) is 24.4. The predicted octanol–water partition coefficient (Wildman–Crippen LogP) is 2.79. The first-order chi connectivity index (χ1) is 14.3. The number of amides is 1. The molecule has 156 valence electrons. The molecule has 0 saturated carbocycles. The summed E-state index contributed by atoms with van der Waals surface area (Å²) >= 11 is 5.86. The minimum absolute atomic E-state index is 0.000825.